The van der Waals surface area contributed by atoms with E-state index >= 15 is 0 Å². The topological polar surface area (TPSA) is 0 Å². The summed E-state index contributed by atoms with van der Waals surface area (Å²) in [5.41, 5.74) is 0. The number of benzene rings is 1. The molecule has 0 aliphatic rings. The van der Waals surface area contributed by atoms with E-state index in [9.17, 15) is 0 Å². The molecule has 1 aromatic rings. The highest BCUT2D eigenvalue weighted by Crippen LogP contribution is 2.03. The summed E-state index contributed by atoms with van der Waals surface area (Å²) in [5, 5.41) is 0.794. The minimum atomic E-state index is 0.794. The van der Waals surface area contributed by atoms with Gasteiger partial charge >= 0.3 is 0 Å². The fraction of sp³-hybridized carbons (Fsp3) is 0.273. The zero-order valence-corrected chi connectivity index (χ0v) is 8.22. The lowest BCUT2D eigenvalue weighted by Crippen LogP contribution is -1.55. The van der Waals surface area contributed by atoms with E-state index in [0.717, 1.165) is 11.4 Å². The number of hydrogen-bond acceptors (Lipinski definition) is 0. The molecule has 1 rings (SSSR count). The second-order valence-electron chi connectivity index (χ2n) is 2.37. The maximum absolute atomic E-state index is 5.54. The van der Waals surface area contributed by atoms with Crippen LogP contribution in [0.25, 0.3) is 0 Å². The Morgan fingerprint density at radius 3 is 2.08 bits per heavy atom. The van der Waals surface area contributed by atoms with E-state index in [1.807, 2.05) is 36.4 Å². The lowest BCUT2D eigenvalue weighted by Gasteiger charge is -1.80. The molecule has 0 spiro atoms. The van der Waals surface area contributed by atoms with Crippen molar-refractivity contribution in [2.75, 3.05) is 0 Å². The summed E-state index contributed by atoms with van der Waals surface area (Å²) >= 11 is 5.54. The van der Waals surface area contributed by atoms with Crippen molar-refractivity contribution in [3.8, 4) is 0 Å². The highest BCUT2D eigenvalue weighted by molar-refractivity contribution is 6.30. The Kier molecular flexibility index (Phi) is 7.83. The summed E-state index contributed by atoms with van der Waals surface area (Å²) in [4.78, 5) is 0. The molecule has 12 heavy (non-hydrogen) atoms. The molecule has 0 saturated heterocycles. The van der Waals surface area contributed by atoms with Crippen molar-refractivity contribution in [3.05, 3.63) is 48.0 Å². The standard InChI is InChI=1S/C6H5Cl.C5H10/c7-6-4-2-1-3-5-6;1-3-5-4-2/h1-5H;3H,1,4-5H2,2H3. The molecule has 1 aromatic carbocycles. The third kappa shape index (κ3) is 7.36. The molecule has 1 heteroatoms. The van der Waals surface area contributed by atoms with Gasteiger partial charge < -0.3 is 0 Å². The Hall–Kier alpha value is -0.750. The third-order valence-electron chi connectivity index (χ3n) is 1.23. The van der Waals surface area contributed by atoms with Crippen molar-refractivity contribution in [1.29, 1.82) is 0 Å². The fourth-order valence-electron chi connectivity index (χ4n) is 0.619. The van der Waals surface area contributed by atoms with Crippen molar-refractivity contribution in [1.82, 2.24) is 0 Å². The minimum absolute atomic E-state index is 0.794. The monoisotopic (exact) mass is 182 g/mol. The zero-order chi connectivity index (χ0) is 9.23. The van der Waals surface area contributed by atoms with Crippen LogP contribution in [0.2, 0.25) is 5.02 Å². The lowest BCUT2D eigenvalue weighted by atomic mass is 10.3. The molecule has 0 unspecified atom stereocenters. The molecule has 66 valence electrons. The predicted molar refractivity (Wildman–Crippen MR) is 56.6 cm³/mol. The van der Waals surface area contributed by atoms with E-state index in [-0.39, 0.29) is 0 Å². The van der Waals surface area contributed by atoms with Crippen LogP contribution in [0.3, 0.4) is 0 Å². The summed E-state index contributed by atoms with van der Waals surface area (Å²) in [6.07, 6.45) is 4.31. The molecular formula is C11H15Cl. The van der Waals surface area contributed by atoms with Gasteiger partial charge in [-0.25, -0.2) is 0 Å². The largest absolute Gasteiger partial charge is 0.103 e. The van der Waals surface area contributed by atoms with Crippen LogP contribution in [0.5, 0.6) is 0 Å². The summed E-state index contributed by atoms with van der Waals surface area (Å²) in [7, 11) is 0. The number of allylic oxidation sites excluding steroid dienone is 1. The van der Waals surface area contributed by atoms with Crippen LogP contribution in [-0.4, -0.2) is 0 Å². The Balaban J connectivity index is 0.000000217. The van der Waals surface area contributed by atoms with E-state index in [2.05, 4.69) is 13.5 Å². The number of halogens is 1. The van der Waals surface area contributed by atoms with Crippen molar-refractivity contribution in [2.45, 2.75) is 19.8 Å². The Morgan fingerprint density at radius 1 is 1.33 bits per heavy atom. The highest BCUT2D eigenvalue weighted by Gasteiger charge is 1.74. The summed E-state index contributed by atoms with van der Waals surface area (Å²) < 4.78 is 0. The van der Waals surface area contributed by atoms with E-state index in [1.54, 1.807) is 0 Å². The Morgan fingerprint density at radius 2 is 1.92 bits per heavy atom. The smallest absolute Gasteiger partial charge is 0.0405 e. The third-order valence-corrected chi connectivity index (χ3v) is 1.48. The van der Waals surface area contributed by atoms with Crippen LogP contribution in [0, 0.1) is 0 Å². The van der Waals surface area contributed by atoms with Gasteiger partial charge in [0.05, 0.1) is 0 Å². The lowest BCUT2D eigenvalue weighted by molar-refractivity contribution is 0.961. The highest BCUT2D eigenvalue weighted by atomic mass is 35.5. The quantitative estimate of drug-likeness (QED) is 0.598. The summed E-state index contributed by atoms with van der Waals surface area (Å²) in [6, 6.07) is 9.44. The average molecular weight is 183 g/mol. The van der Waals surface area contributed by atoms with Crippen molar-refractivity contribution in [2.24, 2.45) is 0 Å². The fourth-order valence-corrected chi connectivity index (χ4v) is 0.764. The molecule has 0 heterocycles. The maximum Gasteiger partial charge on any atom is 0.0405 e. The zero-order valence-electron chi connectivity index (χ0n) is 7.46. The molecule has 0 nitrogen and oxygen atoms in total. The summed E-state index contributed by atoms with van der Waals surface area (Å²) in [6.45, 7) is 5.69. The molecule has 0 saturated carbocycles. The van der Waals surface area contributed by atoms with E-state index < -0.39 is 0 Å². The SMILES string of the molecule is C=CCCC.Clc1ccccc1. The number of unbranched alkanes of at least 4 members (excludes halogenated alkanes) is 1. The van der Waals surface area contributed by atoms with E-state index in [1.165, 1.54) is 6.42 Å². The van der Waals surface area contributed by atoms with Crippen LogP contribution < -0.4 is 0 Å². The van der Waals surface area contributed by atoms with Gasteiger partial charge in [-0.2, -0.15) is 0 Å². The van der Waals surface area contributed by atoms with E-state index in [0.29, 0.717) is 0 Å². The van der Waals surface area contributed by atoms with Gasteiger partial charge in [0.25, 0.3) is 0 Å². The van der Waals surface area contributed by atoms with E-state index in [4.69, 9.17) is 11.6 Å². The Bertz CT molecular complexity index is 191. The van der Waals surface area contributed by atoms with Gasteiger partial charge in [0, 0.05) is 5.02 Å². The first kappa shape index (κ1) is 11.2. The maximum atomic E-state index is 5.54. The van der Waals surface area contributed by atoms with Gasteiger partial charge in [-0.15, -0.1) is 6.58 Å². The second-order valence-corrected chi connectivity index (χ2v) is 2.81. The molecule has 0 aliphatic heterocycles. The average Bonchev–Trinajstić information content (AvgIpc) is 2.08. The van der Waals surface area contributed by atoms with Gasteiger partial charge in [0.15, 0.2) is 0 Å². The number of hydrogen-bond donors (Lipinski definition) is 0. The molecular weight excluding hydrogens is 168 g/mol. The molecule has 0 bridgehead atoms. The van der Waals surface area contributed by atoms with Crippen LogP contribution >= 0.6 is 11.6 Å². The normalized spacial score (nSPS) is 8.17. The van der Waals surface area contributed by atoms with Crippen LogP contribution in [0.15, 0.2) is 43.0 Å². The number of rotatable bonds is 2. The van der Waals surface area contributed by atoms with Gasteiger partial charge in [-0.1, -0.05) is 49.2 Å². The predicted octanol–water partition coefficient (Wildman–Crippen LogP) is 4.31. The molecule has 0 N–H and O–H groups in total. The van der Waals surface area contributed by atoms with Gasteiger partial charge in [-0.3, -0.25) is 0 Å². The molecule has 0 atom stereocenters. The van der Waals surface area contributed by atoms with Crippen molar-refractivity contribution >= 4 is 11.6 Å². The van der Waals surface area contributed by atoms with Crippen LogP contribution in [0.4, 0.5) is 0 Å². The molecule has 0 aliphatic carbocycles. The minimum Gasteiger partial charge on any atom is -0.103 e. The first-order valence-corrected chi connectivity index (χ1v) is 4.50. The summed E-state index contributed by atoms with van der Waals surface area (Å²) in [5.74, 6) is 0. The molecule has 0 fully saturated rings. The second kappa shape index (κ2) is 8.35. The van der Waals surface area contributed by atoms with Crippen LogP contribution in [-0.2, 0) is 0 Å². The van der Waals surface area contributed by atoms with Gasteiger partial charge in [0.1, 0.15) is 0 Å². The molecule has 0 radical (unpaired) electrons. The van der Waals surface area contributed by atoms with Crippen LogP contribution in [0.1, 0.15) is 19.8 Å². The molecule has 0 aromatic heterocycles. The van der Waals surface area contributed by atoms with Crippen molar-refractivity contribution < 1.29 is 0 Å². The van der Waals surface area contributed by atoms with Crippen molar-refractivity contribution in [3.63, 3.8) is 0 Å². The van der Waals surface area contributed by atoms with Gasteiger partial charge in [0.2, 0.25) is 0 Å². The first-order chi connectivity index (χ1) is 5.81. The molecule has 0 amide bonds. The Labute approximate surface area is 79.9 Å². The van der Waals surface area contributed by atoms with Gasteiger partial charge in [-0.05, 0) is 18.6 Å². The first-order valence-electron chi connectivity index (χ1n) is 4.12.